The van der Waals surface area contributed by atoms with Crippen molar-refractivity contribution in [2.75, 3.05) is 26.3 Å². The number of ether oxygens (including phenoxy) is 2. The van der Waals surface area contributed by atoms with Gasteiger partial charge in [-0.15, -0.1) is 0 Å². The van der Waals surface area contributed by atoms with Crippen LogP contribution in [0.3, 0.4) is 0 Å². The number of hydrogen-bond acceptors (Lipinski definition) is 3. The maximum Gasteiger partial charge on any atom is 0.123 e. The molecule has 2 rings (SSSR count). The third-order valence-corrected chi connectivity index (χ3v) is 3.57. The topological polar surface area (TPSA) is 30.5 Å². The van der Waals surface area contributed by atoms with Crippen LogP contribution >= 0.6 is 0 Å². The van der Waals surface area contributed by atoms with Gasteiger partial charge in [-0.25, -0.2) is 0 Å². The normalized spacial score (nSPS) is 15.6. The lowest BCUT2D eigenvalue weighted by Gasteiger charge is -2.11. The van der Waals surface area contributed by atoms with Crippen LogP contribution in [0.5, 0.6) is 11.5 Å². The van der Waals surface area contributed by atoms with E-state index in [1.165, 1.54) is 25.7 Å². The van der Waals surface area contributed by atoms with Crippen LogP contribution in [0.15, 0.2) is 24.3 Å². The summed E-state index contributed by atoms with van der Waals surface area (Å²) < 4.78 is 11.2. The summed E-state index contributed by atoms with van der Waals surface area (Å²) in [4.78, 5) is 0. The van der Waals surface area contributed by atoms with Gasteiger partial charge in [-0.05, 0) is 44.4 Å². The number of benzene rings is 1. The van der Waals surface area contributed by atoms with E-state index in [-0.39, 0.29) is 0 Å². The Hall–Kier alpha value is -1.22. The molecule has 3 heteroatoms. The van der Waals surface area contributed by atoms with Crippen LogP contribution in [0.1, 0.15) is 32.6 Å². The fourth-order valence-corrected chi connectivity index (χ4v) is 2.58. The third kappa shape index (κ3) is 5.11. The van der Waals surface area contributed by atoms with Gasteiger partial charge in [0.15, 0.2) is 0 Å². The van der Waals surface area contributed by atoms with Crippen molar-refractivity contribution in [2.45, 2.75) is 32.6 Å². The van der Waals surface area contributed by atoms with E-state index >= 15 is 0 Å². The summed E-state index contributed by atoms with van der Waals surface area (Å²) in [7, 11) is 0. The van der Waals surface area contributed by atoms with Crippen LogP contribution in [0.25, 0.3) is 0 Å². The molecule has 0 heterocycles. The molecule has 106 valence electrons. The maximum absolute atomic E-state index is 5.72. The van der Waals surface area contributed by atoms with Gasteiger partial charge in [-0.2, -0.15) is 0 Å². The molecule has 1 N–H and O–H groups in total. The van der Waals surface area contributed by atoms with E-state index in [2.05, 4.69) is 5.32 Å². The Morgan fingerprint density at radius 1 is 1.16 bits per heavy atom. The molecule has 3 nitrogen and oxygen atoms in total. The van der Waals surface area contributed by atoms with Gasteiger partial charge in [0.25, 0.3) is 0 Å². The quantitative estimate of drug-likeness (QED) is 0.730. The molecule has 1 aromatic rings. The van der Waals surface area contributed by atoms with Gasteiger partial charge in [-0.1, -0.05) is 18.9 Å². The average molecular weight is 263 g/mol. The molecule has 1 aliphatic carbocycles. The molecule has 0 bridgehead atoms. The number of hydrogen-bond donors (Lipinski definition) is 1. The lowest BCUT2D eigenvalue weighted by Crippen LogP contribution is -2.26. The van der Waals surface area contributed by atoms with E-state index in [4.69, 9.17) is 9.47 Å². The summed E-state index contributed by atoms with van der Waals surface area (Å²) in [5.41, 5.74) is 0. The summed E-state index contributed by atoms with van der Waals surface area (Å²) in [6.07, 6.45) is 5.61. The second-order valence-corrected chi connectivity index (χ2v) is 5.11. The molecule has 0 aliphatic heterocycles. The molecular formula is C16H25NO2. The first-order valence-electron chi connectivity index (χ1n) is 7.45. The highest BCUT2D eigenvalue weighted by molar-refractivity contribution is 5.32. The first-order chi connectivity index (χ1) is 9.38. The Morgan fingerprint density at radius 3 is 2.63 bits per heavy atom. The first kappa shape index (κ1) is 14.2. The Kier molecular flexibility index (Phi) is 6.02. The van der Waals surface area contributed by atoms with Crippen molar-refractivity contribution in [3.8, 4) is 11.5 Å². The Balaban J connectivity index is 1.60. The van der Waals surface area contributed by atoms with E-state index in [0.717, 1.165) is 30.5 Å². The van der Waals surface area contributed by atoms with E-state index in [1.54, 1.807) is 0 Å². The smallest absolute Gasteiger partial charge is 0.123 e. The predicted molar refractivity (Wildman–Crippen MR) is 77.9 cm³/mol. The molecule has 0 atom stereocenters. The van der Waals surface area contributed by atoms with Crippen LogP contribution in [-0.4, -0.2) is 26.3 Å². The molecule has 0 aromatic heterocycles. The highest BCUT2D eigenvalue weighted by atomic mass is 16.5. The highest BCUT2D eigenvalue weighted by Crippen LogP contribution is 2.23. The molecule has 0 unspecified atom stereocenters. The molecule has 1 aliphatic rings. The van der Waals surface area contributed by atoms with E-state index in [9.17, 15) is 0 Å². The monoisotopic (exact) mass is 263 g/mol. The summed E-state index contributed by atoms with van der Waals surface area (Å²) in [6, 6.07) is 7.83. The van der Waals surface area contributed by atoms with Crippen LogP contribution < -0.4 is 14.8 Å². The van der Waals surface area contributed by atoms with E-state index in [0.29, 0.717) is 13.2 Å². The lowest BCUT2D eigenvalue weighted by molar-refractivity contribution is 0.302. The van der Waals surface area contributed by atoms with Gasteiger partial charge in [0.1, 0.15) is 18.1 Å². The van der Waals surface area contributed by atoms with Crippen LogP contribution in [0.4, 0.5) is 0 Å². The molecule has 1 fully saturated rings. The van der Waals surface area contributed by atoms with Crippen molar-refractivity contribution in [1.29, 1.82) is 0 Å². The zero-order valence-electron chi connectivity index (χ0n) is 11.9. The first-order valence-corrected chi connectivity index (χ1v) is 7.45. The minimum Gasteiger partial charge on any atom is -0.494 e. The predicted octanol–water partition coefficient (Wildman–Crippen LogP) is 3.24. The Labute approximate surface area is 116 Å². The zero-order chi connectivity index (χ0) is 13.3. The standard InChI is InChI=1S/C16H25NO2/c1-2-18-15-8-5-9-16(12-15)19-11-10-17-13-14-6-3-4-7-14/h5,8-9,12,14,17H,2-4,6-7,10-11,13H2,1H3. The molecule has 0 spiro atoms. The SMILES string of the molecule is CCOc1cccc(OCCNCC2CCCC2)c1. The van der Waals surface area contributed by atoms with E-state index < -0.39 is 0 Å². The van der Waals surface area contributed by atoms with Gasteiger partial charge in [-0.3, -0.25) is 0 Å². The highest BCUT2D eigenvalue weighted by Gasteiger charge is 2.13. The second-order valence-electron chi connectivity index (χ2n) is 5.11. The van der Waals surface area contributed by atoms with E-state index in [1.807, 2.05) is 31.2 Å². The Bertz CT molecular complexity index is 362. The van der Waals surface area contributed by atoms with Crippen molar-refractivity contribution >= 4 is 0 Å². The molecule has 0 amide bonds. The summed E-state index contributed by atoms with van der Waals surface area (Å²) in [5.74, 6) is 2.65. The van der Waals surface area contributed by atoms with Crippen molar-refractivity contribution in [1.82, 2.24) is 5.32 Å². The fourth-order valence-electron chi connectivity index (χ4n) is 2.58. The van der Waals surface area contributed by atoms with Crippen molar-refractivity contribution in [3.05, 3.63) is 24.3 Å². The van der Waals surface area contributed by atoms with Gasteiger partial charge in [0.05, 0.1) is 6.61 Å². The molecule has 0 radical (unpaired) electrons. The summed E-state index contributed by atoms with van der Waals surface area (Å²) >= 11 is 0. The zero-order valence-corrected chi connectivity index (χ0v) is 11.9. The minimum absolute atomic E-state index is 0.687. The molecular weight excluding hydrogens is 238 g/mol. The van der Waals surface area contributed by atoms with Gasteiger partial charge in [0, 0.05) is 12.6 Å². The molecule has 19 heavy (non-hydrogen) atoms. The van der Waals surface area contributed by atoms with Crippen LogP contribution in [0.2, 0.25) is 0 Å². The maximum atomic E-state index is 5.72. The second kappa shape index (κ2) is 8.05. The van der Waals surface area contributed by atoms with Crippen molar-refractivity contribution in [3.63, 3.8) is 0 Å². The molecule has 1 aromatic carbocycles. The molecule has 0 saturated heterocycles. The van der Waals surface area contributed by atoms with Crippen LogP contribution in [0, 0.1) is 5.92 Å². The largest absolute Gasteiger partial charge is 0.494 e. The minimum atomic E-state index is 0.687. The number of rotatable bonds is 8. The lowest BCUT2D eigenvalue weighted by atomic mass is 10.1. The number of nitrogens with one attached hydrogen (secondary N) is 1. The van der Waals surface area contributed by atoms with Crippen LogP contribution in [-0.2, 0) is 0 Å². The third-order valence-electron chi connectivity index (χ3n) is 3.57. The summed E-state index contributed by atoms with van der Waals surface area (Å²) in [6.45, 7) is 5.44. The molecule has 1 saturated carbocycles. The van der Waals surface area contributed by atoms with Gasteiger partial charge in [0.2, 0.25) is 0 Å². The average Bonchev–Trinajstić information content (AvgIpc) is 2.92. The fraction of sp³-hybridized carbons (Fsp3) is 0.625. The van der Waals surface area contributed by atoms with Crippen molar-refractivity contribution in [2.24, 2.45) is 5.92 Å². The van der Waals surface area contributed by atoms with Gasteiger partial charge < -0.3 is 14.8 Å². The van der Waals surface area contributed by atoms with Crippen molar-refractivity contribution < 1.29 is 9.47 Å². The van der Waals surface area contributed by atoms with Gasteiger partial charge >= 0.3 is 0 Å². The summed E-state index contributed by atoms with van der Waals surface area (Å²) in [5, 5.41) is 3.48. The Morgan fingerprint density at radius 2 is 1.89 bits per heavy atom.